The quantitative estimate of drug-likeness (QED) is 0.812. The highest BCUT2D eigenvalue weighted by molar-refractivity contribution is 7.95. The fraction of sp³-hybridized carbons (Fsp3) is 0.667. The smallest absolute Gasteiger partial charge is 0.215 e. The summed E-state index contributed by atoms with van der Waals surface area (Å²) >= 11 is 1.46. The highest BCUT2D eigenvalue weighted by Crippen LogP contribution is 2.18. The molecule has 1 fully saturated rings. The lowest BCUT2D eigenvalue weighted by atomic mass is 10.4. The second kappa shape index (κ2) is 5.24. The zero-order valence-electron chi connectivity index (χ0n) is 9.57. The Morgan fingerprint density at radius 1 is 1.50 bits per heavy atom. The molecule has 0 saturated carbocycles. The number of nitrogens with zero attached hydrogens (tertiary/aromatic N) is 1. The van der Waals surface area contributed by atoms with Crippen molar-refractivity contribution in [2.45, 2.75) is 18.1 Å². The number of nitrogens with one attached hydrogen (secondary N) is 1. The van der Waals surface area contributed by atoms with Crippen LogP contribution in [0, 0.1) is 0 Å². The van der Waals surface area contributed by atoms with Crippen LogP contribution in [0.1, 0.15) is 11.4 Å². The largest absolute Gasteiger partial charge is 0.250 e. The molecule has 0 aromatic carbocycles. The molecule has 18 heavy (non-hydrogen) atoms. The Bertz CT molecular complexity index is 592. The summed E-state index contributed by atoms with van der Waals surface area (Å²) in [6.45, 7) is 0.256. The third-order valence-electron chi connectivity index (χ3n) is 2.76. The molecular formula is C9H14N2O4S3. The molecule has 2 heterocycles. The van der Waals surface area contributed by atoms with Gasteiger partial charge in [0.15, 0.2) is 9.84 Å². The fourth-order valence-electron chi connectivity index (χ4n) is 1.80. The number of aromatic nitrogens is 1. The predicted octanol–water partition coefficient (Wildman–Crippen LogP) is -0.208. The summed E-state index contributed by atoms with van der Waals surface area (Å²) < 4.78 is 48.7. The highest BCUT2D eigenvalue weighted by atomic mass is 32.2. The van der Waals surface area contributed by atoms with E-state index in [1.54, 1.807) is 6.20 Å². The summed E-state index contributed by atoms with van der Waals surface area (Å²) in [5.74, 6) is -0.301. The Kier molecular flexibility index (Phi) is 4.05. The lowest BCUT2D eigenvalue weighted by Gasteiger charge is -2.10. The topological polar surface area (TPSA) is 93.2 Å². The van der Waals surface area contributed by atoms with Crippen LogP contribution in [0.15, 0.2) is 11.6 Å². The zero-order valence-corrected chi connectivity index (χ0v) is 12.0. The van der Waals surface area contributed by atoms with E-state index in [9.17, 15) is 16.8 Å². The van der Waals surface area contributed by atoms with Crippen molar-refractivity contribution in [3.8, 4) is 0 Å². The van der Waals surface area contributed by atoms with Gasteiger partial charge in [0.05, 0.1) is 21.8 Å². The molecule has 1 aliphatic rings. The van der Waals surface area contributed by atoms with E-state index in [-0.39, 0.29) is 24.5 Å². The van der Waals surface area contributed by atoms with Crippen molar-refractivity contribution >= 4 is 31.2 Å². The van der Waals surface area contributed by atoms with E-state index in [2.05, 4.69) is 9.71 Å². The van der Waals surface area contributed by atoms with Gasteiger partial charge in [-0.2, -0.15) is 0 Å². The van der Waals surface area contributed by atoms with Crippen molar-refractivity contribution in [3.05, 3.63) is 16.6 Å². The van der Waals surface area contributed by atoms with Crippen LogP contribution in [0.25, 0.3) is 0 Å². The van der Waals surface area contributed by atoms with Crippen molar-refractivity contribution in [2.75, 3.05) is 18.1 Å². The molecule has 0 aliphatic carbocycles. The SMILES string of the molecule is O=S1(=O)CCC(S(=O)(=O)NCCc2nccs2)C1. The van der Waals surface area contributed by atoms with Gasteiger partial charge < -0.3 is 0 Å². The summed E-state index contributed by atoms with van der Waals surface area (Å²) in [5, 5.41) is 1.88. The van der Waals surface area contributed by atoms with E-state index in [0.717, 1.165) is 5.01 Å². The van der Waals surface area contributed by atoms with Gasteiger partial charge in [-0.25, -0.2) is 26.5 Å². The van der Waals surface area contributed by atoms with Gasteiger partial charge in [-0.1, -0.05) is 0 Å². The Hall–Kier alpha value is -0.510. The summed E-state index contributed by atoms with van der Waals surface area (Å²) in [7, 11) is -6.71. The molecule has 6 nitrogen and oxygen atoms in total. The Labute approximate surface area is 110 Å². The minimum Gasteiger partial charge on any atom is -0.250 e. The molecule has 1 aliphatic heterocycles. The maximum atomic E-state index is 11.9. The van der Waals surface area contributed by atoms with Crippen LogP contribution in [0.5, 0.6) is 0 Å². The van der Waals surface area contributed by atoms with Crippen LogP contribution >= 0.6 is 11.3 Å². The predicted molar refractivity (Wildman–Crippen MR) is 69.8 cm³/mol. The van der Waals surface area contributed by atoms with Crippen molar-refractivity contribution < 1.29 is 16.8 Å². The van der Waals surface area contributed by atoms with Gasteiger partial charge in [-0.3, -0.25) is 0 Å². The first-order chi connectivity index (χ1) is 8.39. The van der Waals surface area contributed by atoms with Crippen LogP contribution in [-0.2, 0) is 26.3 Å². The number of rotatable bonds is 5. The van der Waals surface area contributed by atoms with Gasteiger partial charge in [0, 0.05) is 24.5 Å². The van der Waals surface area contributed by atoms with E-state index < -0.39 is 25.1 Å². The van der Waals surface area contributed by atoms with Crippen LogP contribution < -0.4 is 4.72 Å². The van der Waals surface area contributed by atoms with E-state index in [4.69, 9.17) is 0 Å². The molecular weight excluding hydrogens is 296 g/mol. The van der Waals surface area contributed by atoms with E-state index in [0.29, 0.717) is 6.42 Å². The Morgan fingerprint density at radius 2 is 2.28 bits per heavy atom. The zero-order chi connectivity index (χ0) is 13.2. The van der Waals surface area contributed by atoms with E-state index >= 15 is 0 Å². The summed E-state index contributed by atoms with van der Waals surface area (Å²) in [6, 6.07) is 0. The summed E-state index contributed by atoms with van der Waals surface area (Å²) in [5.41, 5.74) is 0. The van der Waals surface area contributed by atoms with E-state index in [1.165, 1.54) is 11.3 Å². The van der Waals surface area contributed by atoms with Gasteiger partial charge >= 0.3 is 0 Å². The first-order valence-corrected chi connectivity index (χ1v) is 9.71. The highest BCUT2D eigenvalue weighted by Gasteiger charge is 2.36. The number of hydrogen-bond acceptors (Lipinski definition) is 6. The van der Waals surface area contributed by atoms with Gasteiger partial charge in [-0.15, -0.1) is 11.3 Å². The second-order valence-electron chi connectivity index (χ2n) is 4.14. The molecule has 0 radical (unpaired) electrons. The molecule has 0 bridgehead atoms. The molecule has 1 saturated heterocycles. The first-order valence-electron chi connectivity index (χ1n) is 5.46. The van der Waals surface area contributed by atoms with Crippen LogP contribution in [-0.4, -0.2) is 45.1 Å². The fourth-order valence-corrected chi connectivity index (χ4v) is 6.50. The molecule has 1 aromatic heterocycles. The Morgan fingerprint density at radius 3 is 2.83 bits per heavy atom. The van der Waals surface area contributed by atoms with Gasteiger partial charge in [0.1, 0.15) is 0 Å². The average Bonchev–Trinajstić information content (AvgIpc) is 2.87. The monoisotopic (exact) mass is 310 g/mol. The number of sulfone groups is 1. The number of sulfonamides is 1. The molecule has 102 valence electrons. The maximum Gasteiger partial charge on any atom is 0.215 e. The number of thiazole rings is 1. The standard InChI is InChI=1S/C9H14N2O4S3/c12-17(13)6-2-8(7-17)18(14,15)11-3-1-9-10-4-5-16-9/h4-5,8,11H,1-3,6-7H2. The third kappa shape index (κ3) is 3.50. The van der Waals surface area contributed by atoms with Crippen molar-refractivity contribution in [1.29, 1.82) is 0 Å². The van der Waals surface area contributed by atoms with E-state index in [1.807, 2.05) is 5.38 Å². The maximum absolute atomic E-state index is 11.9. The molecule has 0 spiro atoms. The average molecular weight is 310 g/mol. The normalized spacial score (nSPS) is 23.2. The summed E-state index contributed by atoms with van der Waals surface area (Å²) in [4.78, 5) is 4.04. The molecule has 9 heteroatoms. The van der Waals surface area contributed by atoms with Crippen LogP contribution in [0.2, 0.25) is 0 Å². The number of hydrogen-bond donors (Lipinski definition) is 1. The molecule has 1 aromatic rings. The minimum absolute atomic E-state index is 0.0366. The molecule has 1 unspecified atom stereocenters. The van der Waals surface area contributed by atoms with Crippen LogP contribution in [0.3, 0.4) is 0 Å². The molecule has 2 rings (SSSR count). The van der Waals surface area contributed by atoms with Crippen molar-refractivity contribution in [2.24, 2.45) is 0 Å². The summed E-state index contributed by atoms with van der Waals surface area (Å²) in [6.07, 6.45) is 2.38. The third-order valence-corrected chi connectivity index (χ3v) is 7.46. The van der Waals surface area contributed by atoms with Crippen LogP contribution in [0.4, 0.5) is 0 Å². The molecule has 1 N–H and O–H groups in total. The lowest BCUT2D eigenvalue weighted by Crippen LogP contribution is -2.36. The molecule has 1 atom stereocenters. The Balaban J connectivity index is 1.88. The van der Waals surface area contributed by atoms with Gasteiger partial charge in [-0.05, 0) is 6.42 Å². The lowest BCUT2D eigenvalue weighted by molar-refractivity contribution is 0.568. The second-order valence-corrected chi connectivity index (χ2v) is 9.39. The van der Waals surface area contributed by atoms with Gasteiger partial charge in [0.25, 0.3) is 0 Å². The first kappa shape index (κ1) is 13.9. The molecule has 0 amide bonds. The minimum atomic E-state index is -3.54. The van der Waals surface area contributed by atoms with Crippen molar-refractivity contribution in [1.82, 2.24) is 9.71 Å². The van der Waals surface area contributed by atoms with Crippen molar-refractivity contribution in [3.63, 3.8) is 0 Å². The van der Waals surface area contributed by atoms with Gasteiger partial charge in [0.2, 0.25) is 10.0 Å².